The van der Waals surface area contributed by atoms with Crippen LogP contribution in [0, 0.1) is 0 Å². The molecular weight excluding hydrogens is 194 g/mol. The van der Waals surface area contributed by atoms with Gasteiger partial charge in [0.2, 0.25) is 0 Å². The van der Waals surface area contributed by atoms with Crippen LogP contribution in [0.15, 0.2) is 34.0 Å². The topological polar surface area (TPSA) is 66.9 Å². The summed E-state index contributed by atoms with van der Waals surface area (Å²) >= 11 is 0. The Kier molecular flexibility index (Phi) is 4.05. The lowest BCUT2D eigenvalue weighted by atomic mass is 10.2. The van der Waals surface area contributed by atoms with Gasteiger partial charge in [0.15, 0.2) is 0 Å². The Hall–Kier alpha value is -1.62. The van der Waals surface area contributed by atoms with Crippen LogP contribution >= 0.6 is 0 Å². The minimum Gasteiger partial charge on any atom is -0.314 e. The summed E-state index contributed by atoms with van der Waals surface area (Å²) in [4.78, 5) is 24.9. The largest absolute Gasteiger partial charge is 0.329 e. The second-order valence-electron chi connectivity index (χ2n) is 3.41. The maximum absolute atomic E-state index is 11.3. The zero-order valence-electron chi connectivity index (χ0n) is 8.75. The number of hydrogen-bond donors (Lipinski definition) is 2. The van der Waals surface area contributed by atoms with Crippen molar-refractivity contribution in [2.45, 2.75) is 20.0 Å². The molecule has 0 fully saturated rings. The molecule has 1 rings (SSSR count). The van der Waals surface area contributed by atoms with E-state index in [1.54, 1.807) is 0 Å². The number of H-pyrrole nitrogens is 1. The van der Waals surface area contributed by atoms with Gasteiger partial charge in [0.1, 0.15) is 0 Å². The molecule has 0 atom stereocenters. The van der Waals surface area contributed by atoms with Crippen molar-refractivity contribution >= 4 is 0 Å². The van der Waals surface area contributed by atoms with Crippen molar-refractivity contribution in [1.29, 1.82) is 0 Å². The van der Waals surface area contributed by atoms with E-state index in [1.165, 1.54) is 12.3 Å². The van der Waals surface area contributed by atoms with Gasteiger partial charge in [0.05, 0.1) is 6.67 Å². The van der Waals surface area contributed by atoms with E-state index in [2.05, 4.69) is 16.9 Å². The quantitative estimate of drug-likeness (QED) is 0.532. The normalized spacial score (nSPS) is 10.2. The van der Waals surface area contributed by atoms with E-state index in [1.807, 2.05) is 6.92 Å². The Bertz CT molecular complexity index is 416. The van der Waals surface area contributed by atoms with Crippen LogP contribution in [-0.2, 0) is 6.67 Å². The van der Waals surface area contributed by atoms with Crippen LogP contribution in [0.25, 0.3) is 0 Å². The lowest BCUT2D eigenvalue weighted by Gasteiger charge is -2.05. The average Bonchev–Trinajstić information content (AvgIpc) is 2.15. The molecule has 1 aromatic rings. The van der Waals surface area contributed by atoms with Crippen molar-refractivity contribution < 1.29 is 0 Å². The second kappa shape index (κ2) is 5.31. The highest BCUT2D eigenvalue weighted by atomic mass is 16.2. The van der Waals surface area contributed by atoms with E-state index in [-0.39, 0.29) is 12.2 Å². The van der Waals surface area contributed by atoms with Crippen LogP contribution in [0.2, 0.25) is 0 Å². The number of aromatic amines is 1. The average molecular weight is 209 g/mol. The predicted molar refractivity (Wildman–Crippen MR) is 58.8 cm³/mol. The van der Waals surface area contributed by atoms with E-state index in [9.17, 15) is 9.59 Å². The summed E-state index contributed by atoms with van der Waals surface area (Å²) in [6.07, 6.45) is 2.18. The van der Waals surface area contributed by atoms with Crippen LogP contribution < -0.4 is 16.6 Å². The first-order valence-corrected chi connectivity index (χ1v) is 4.75. The Morgan fingerprint density at radius 1 is 1.60 bits per heavy atom. The highest BCUT2D eigenvalue weighted by molar-refractivity contribution is 4.88. The summed E-state index contributed by atoms with van der Waals surface area (Å²) in [6, 6.07) is 1.32. The van der Waals surface area contributed by atoms with Gasteiger partial charge in [-0.2, -0.15) is 0 Å². The van der Waals surface area contributed by atoms with Crippen LogP contribution in [-0.4, -0.2) is 16.1 Å². The van der Waals surface area contributed by atoms with Gasteiger partial charge in [0, 0.05) is 18.8 Å². The van der Waals surface area contributed by atoms with Crippen LogP contribution in [0.3, 0.4) is 0 Å². The third-order valence-corrected chi connectivity index (χ3v) is 1.94. The fraction of sp³-hybridized carbons (Fsp3) is 0.400. The smallest absolute Gasteiger partial charge is 0.314 e. The molecule has 82 valence electrons. The lowest BCUT2D eigenvalue weighted by Crippen LogP contribution is -2.38. The number of hydrogen-bond acceptors (Lipinski definition) is 3. The molecule has 0 aromatic carbocycles. The second-order valence-corrected chi connectivity index (χ2v) is 3.41. The van der Waals surface area contributed by atoms with Gasteiger partial charge < -0.3 is 4.98 Å². The minimum atomic E-state index is -0.398. The van der Waals surface area contributed by atoms with Gasteiger partial charge in [-0.25, -0.2) is 9.36 Å². The van der Waals surface area contributed by atoms with E-state index in [0.717, 1.165) is 16.6 Å². The van der Waals surface area contributed by atoms with E-state index in [0.29, 0.717) is 6.54 Å². The molecule has 5 heteroatoms. The molecule has 0 amide bonds. The summed E-state index contributed by atoms with van der Waals surface area (Å²) < 4.78 is 1.11. The van der Waals surface area contributed by atoms with Crippen molar-refractivity contribution in [1.82, 2.24) is 14.9 Å². The highest BCUT2D eigenvalue weighted by Gasteiger charge is 1.98. The number of aromatic nitrogens is 2. The van der Waals surface area contributed by atoms with Crippen LogP contribution in [0.1, 0.15) is 13.3 Å². The van der Waals surface area contributed by atoms with Crippen LogP contribution in [0.5, 0.6) is 0 Å². The fourth-order valence-corrected chi connectivity index (χ4v) is 1.09. The Morgan fingerprint density at radius 2 is 2.33 bits per heavy atom. The molecule has 0 bridgehead atoms. The summed E-state index contributed by atoms with van der Waals surface area (Å²) in [5.41, 5.74) is 0.365. The first-order valence-electron chi connectivity index (χ1n) is 4.75. The summed E-state index contributed by atoms with van der Waals surface area (Å²) in [7, 11) is 0. The molecule has 0 unspecified atom stereocenters. The van der Waals surface area contributed by atoms with Gasteiger partial charge in [0.25, 0.3) is 5.56 Å². The monoisotopic (exact) mass is 209 g/mol. The maximum atomic E-state index is 11.3. The molecule has 0 saturated heterocycles. The molecule has 1 heterocycles. The molecule has 2 N–H and O–H groups in total. The molecule has 0 aliphatic rings. The molecular formula is C10H15N3O2. The van der Waals surface area contributed by atoms with Gasteiger partial charge in [-0.3, -0.25) is 10.1 Å². The van der Waals surface area contributed by atoms with Gasteiger partial charge in [-0.05, 0) is 13.3 Å². The van der Waals surface area contributed by atoms with Crippen LogP contribution in [0.4, 0.5) is 0 Å². The molecule has 5 nitrogen and oxygen atoms in total. The summed E-state index contributed by atoms with van der Waals surface area (Å²) in [5.74, 6) is 0. The van der Waals surface area contributed by atoms with E-state index < -0.39 is 5.69 Å². The molecule has 0 spiro atoms. The Labute approximate surface area is 87.5 Å². The maximum Gasteiger partial charge on any atom is 0.329 e. The highest BCUT2D eigenvalue weighted by Crippen LogP contribution is 1.91. The molecule has 0 radical (unpaired) electrons. The van der Waals surface area contributed by atoms with E-state index >= 15 is 0 Å². The fourth-order valence-electron chi connectivity index (χ4n) is 1.09. The Morgan fingerprint density at radius 3 is 2.93 bits per heavy atom. The van der Waals surface area contributed by atoms with Gasteiger partial charge >= 0.3 is 5.69 Å². The molecule has 0 aliphatic carbocycles. The van der Waals surface area contributed by atoms with Crippen molar-refractivity contribution in [3.05, 3.63) is 45.3 Å². The predicted octanol–water partition coefficient (Wildman–Crippen LogP) is 0.0499. The lowest BCUT2D eigenvalue weighted by molar-refractivity contribution is 0.524. The van der Waals surface area contributed by atoms with Crippen molar-refractivity contribution in [3.8, 4) is 0 Å². The van der Waals surface area contributed by atoms with Crippen molar-refractivity contribution in [3.63, 3.8) is 0 Å². The molecule has 0 saturated carbocycles. The third kappa shape index (κ3) is 3.55. The van der Waals surface area contributed by atoms with Crippen molar-refractivity contribution in [2.75, 3.05) is 6.54 Å². The molecule has 15 heavy (non-hydrogen) atoms. The van der Waals surface area contributed by atoms with Crippen molar-refractivity contribution in [2.24, 2.45) is 0 Å². The summed E-state index contributed by atoms with van der Waals surface area (Å²) in [6.45, 7) is 6.62. The minimum absolute atomic E-state index is 0.224. The zero-order valence-corrected chi connectivity index (χ0v) is 8.75. The zero-order chi connectivity index (χ0) is 11.3. The van der Waals surface area contributed by atoms with Gasteiger partial charge in [-0.1, -0.05) is 5.57 Å². The standard InChI is InChI=1S/C10H15N3O2/c1-8(2)3-5-11-7-13-9(14)4-6-12-10(13)15/h4,6,11H,1,3,5,7H2,2H3,(H,12,15). The molecule has 0 aliphatic heterocycles. The van der Waals surface area contributed by atoms with E-state index in [4.69, 9.17) is 0 Å². The third-order valence-electron chi connectivity index (χ3n) is 1.94. The SMILES string of the molecule is C=C(C)CCNCn1c(=O)cc[nH]c1=O. The number of nitrogens with zero attached hydrogens (tertiary/aromatic N) is 1. The summed E-state index contributed by atoms with van der Waals surface area (Å²) in [5, 5.41) is 3.00. The first kappa shape index (κ1) is 11.5. The molecule has 1 aromatic heterocycles. The Balaban J connectivity index is 2.55. The first-order chi connectivity index (χ1) is 7.11. The number of rotatable bonds is 5. The van der Waals surface area contributed by atoms with Gasteiger partial charge in [-0.15, -0.1) is 6.58 Å². The number of nitrogens with one attached hydrogen (secondary N) is 2.